The van der Waals surface area contributed by atoms with E-state index in [0.29, 0.717) is 12.2 Å². The highest BCUT2D eigenvalue weighted by Crippen LogP contribution is 2.08. The van der Waals surface area contributed by atoms with E-state index in [4.69, 9.17) is 0 Å². The van der Waals surface area contributed by atoms with Crippen molar-refractivity contribution in [2.75, 3.05) is 0 Å². The zero-order valence-corrected chi connectivity index (χ0v) is 9.82. The number of nitrogens with zero attached hydrogens (tertiary/aromatic N) is 2. The van der Waals surface area contributed by atoms with Crippen LogP contribution in [0.25, 0.3) is 0 Å². The molecule has 1 amide bonds. The van der Waals surface area contributed by atoms with Crippen molar-refractivity contribution < 1.29 is 4.79 Å². The molecule has 0 aliphatic carbocycles. The smallest absolute Gasteiger partial charge is 0.271 e. The Balaban J connectivity index is 1.99. The zero-order chi connectivity index (χ0) is 12.3. The first kappa shape index (κ1) is 11.3. The number of hydrogen-bond acceptors (Lipinski definition) is 3. The lowest BCUT2D eigenvalue weighted by atomic mass is 10.2. The van der Waals surface area contributed by atoms with Crippen molar-refractivity contribution in [3.8, 4) is 0 Å². The topological polar surface area (TPSA) is 70.7 Å². The minimum absolute atomic E-state index is 0.212. The maximum Gasteiger partial charge on any atom is 0.271 e. The maximum atomic E-state index is 11.7. The van der Waals surface area contributed by atoms with E-state index in [2.05, 4.69) is 20.3 Å². The van der Waals surface area contributed by atoms with Crippen LogP contribution in [0.15, 0.2) is 24.7 Å². The van der Waals surface area contributed by atoms with Crippen molar-refractivity contribution in [3.63, 3.8) is 0 Å². The van der Waals surface area contributed by atoms with Crippen molar-refractivity contribution in [3.05, 3.63) is 47.3 Å². The molecule has 5 nitrogen and oxygen atoms in total. The van der Waals surface area contributed by atoms with Crippen molar-refractivity contribution >= 4 is 5.91 Å². The molecule has 0 unspecified atom stereocenters. The Bertz CT molecular complexity index is 519. The largest absolute Gasteiger partial charge is 0.362 e. The Labute approximate surface area is 99.3 Å². The molecule has 0 saturated carbocycles. The van der Waals surface area contributed by atoms with Crippen LogP contribution in [0.3, 0.4) is 0 Å². The number of amides is 1. The molecule has 2 aromatic heterocycles. The molecule has 0 aliphatic rings. The molecule has 2 aromatic rings. The summed E-state index contributed by atoms with van der Waals surface area (Å²) in [6.45, 7) is 4.46. The summed E-state index contributed by atoms with van der Waals surface area (Å²) in [6, 6.07) is 2.02. The minimum Gasteiger partial charge on any atom is -0.362 e. The van der Waals surface area contributed by atoms with Gasteiger partial charge in [-0.25, -0.2) is 4.98 Å². The third-order valence-corrected chi connectivity index (χ3v) is 2.49. The van der Waals surface area contributed by atoms with E-state index in [1.54, 1.807) is 0 Å². The van der Waals surface area contributed by atoms with E-state index in [1.807, 2.05) is 19.9 Å². The predicted octanol–water partition coefficient (Wildman–Crippen LogP) is 1.35. The average molecular weight is 230 g/mol. The molecule has 2 N–H and O–H groups in total. The highest BCUT2D eigenvalue weighted by atomic mass is 16.1. The number of aromatic nitrogens is 3. The summed E-state index contributed by atoms with van der Waals surface area (Å²) in [5, 5.41) is 2.81. The summed E-state index contributed by atoms with van der Waals surface area (Å²) < 4.78 is 0. The first-order valence-corrected chi connectivity index (χ1v) is 5.36. The Morgan fingerprint density at radius 2 is 2.24 bits per heavy atom. The molecule has 0 bridgehead atoms. The van der Waals surface area contributed by atoms with E-state index in [0.717, 1.165) is 17.0 Å². The molecule has 0 radical (unpaired) electrons. The number of carbonyl (C=O) groups is 1. The van der Waals surface area contributed by atoms with Gasteiger partial charge in [0, 0.05) is 30.3 Å². The number of carbonyl (C=O) groups excluding carboxylic acids is 1. The average Bonchev–Trinajstić information content (AvgIpc) is 2.66. The Kier molecular flexibility index (Phi) is 3.18. The molecule has 0 fully saturated rings. The lowest BCUT2D eigenvalue weighted by molar-refractivity contribution is 0.0945. The lowest BCUT2D eigenvalue weighted by Gasteiger charge is -2.03. The van der Waals surface area contributed by atoms with Gasteiger partial charge in [-0.3, -0.25) is 9.78 Å². The first-order valence-electron chi connectivity index (χ1n) is 5.36. The Morgan fingerprint density at radius 3 is 2.82 bits per heavy atom. The summed E-state index contributed by atoms with van der Waals surface area (Å²) in [6.07, 6.45) is 4.49. The van der Waals surface area contributed by atoms with Gasteiger partial charge in [0.25, 0.3) is 5.91 Å². The third-order valence-electron chi connectivity index (χ3n) is 2.49. The molecule has 5 heteroatoms. The fraction of sp³-hybridized carbons (Fsp3) is 0.250. The molecule has 0 spiro atoms. The highest BCUT2D eigenvalue weighted by molar-refractivity contribution is 5.91. The monoisotopic (exact) mass is 230 g/mol. The van der Waals surface area contributed by atoms with Crippen LogP contribution < -0.4 is 5.32 Å². The molecule has 17 heavy (non-hydrogen) atoms. The van der Waals surface area contributed by atoms with Crippen LogP contribution in [0.5, 0.6) is 0 Å². The molecule has 0 aromatic carbocycles. The van der Waals surface area contributed by atoms with Gasteiger partial charge in [-0.15, -0.1) is 0 Å². The number of H-pyrrole nitrogens is 1. The van der Waals surface area contributed by atoms with Crippen LogP contribution in [0, 0.1) is 13.8 Å². The van der Waals surface area contributed by atoms with Crippen molar-refractivity contribution in [1.29, 1.82) is 0 Å². The fourth-order valence-electron chi connectivity index (χ4n) is 1.65. The van der Waals surface area contributed by atoms with Gasteiger partial charge < -0.3 is 10.3 Å². The second-order valence-corrected chi connectivity index (χ2v) is 3.88. The number of hydrogen-bond donors (Lipinski definition) is 2. The van der Waals surface area contributed by atoms with Gasteiger partial charge in [-0.05, 0) is 25.5 Å². The summed E-state index contributed by atoms with van der Waals surface area (Å²) >= 11 is 0. The van der Waals surface area contributed by atoms with E-state index < -0.39 is 0 Å². The first-order chi connectivity index (χ1) is 8.16. The SMILES string of the molecule is Cc1cc(CNC(=O)c2cnccn2)c(C)[nH]1. The van der Waals surface area contributed by atoms with Crippen LogP contribution in [-0.4, -0.2) is 20.9 Å². The number of nitrogens with one attached hydrogen (secondary N) is 2. The second-order valence-electron chi connectivity index (χ2n) is 3.88. The fourth-order valence-corrected chi connectivity index (χ4v) is 1.65. The third kappa shape index (κ3) is 2.69. The van der Waals surface area contributed by atoms with Crippen molar-refractivity contribution in [2.45, 2.75) is 20.4 Å². The zero-order valence-electron chi connectivity index (χ0n) is 9.82. The molecular formula is C12H14N4O. The summed E-state index contributed by atoms with van der Waals surface area (Å²) in [7, 11) is 0. The van der Waals surface area contributed by atoms with Gasteiger partial charge in [0.15, 0.2) is 0 Å². The molecule has 0 saturated heterocycles. The summed E-state index contributed by atoms with van der Waals surface area (Å²) in [5.74, 6) is -0.212. The van der Waals surface area contributed by atoms with E-state index >= 15 is 0 Å². The van der Waals surface area contributed by atoms with Crippen LogP contribution in [0.2, 0.25) is 0 Å². The van der Waals surface area contributed by atoms with Gasteiger partial charge in [0.05, 0.1) is 6.20 Å². The van der Waals surface area contributed by atoms with Gasteiger partial charge >= 0.3 is 0 Å². The molecule has 0 atom stereocenters. The molecule has 0 aliphatic heterocycles. The van der Waals surface area contributed by atoms with Gasteiger partial charge in [-0.2, -0.15) is 0 Å². The molecular weight excluding hydrogens is 216 g/mol. The molecule has 2 rings (SSSR count). The van der Waals surface area contributed by atoms with E-state index in [-0.39, 0.29) is 5.91 Å². The van der Waals surface area contributed by atoms with Gasteiger partial charge in [0.2, 0.25) is 0 Å². The standard InChI is InChI=1S/C12H14N4O/c1-8-5-10(9(2)16-8)6-15-12(17)11-7-13-3-4-14-11/h3-5,7,16H,6H2,1-2H3,(H,15,17). The Hall–Kier alpha value is -2.17. The summed E-state index contributed by atoms with van der Waals surface area (Å²) in [4.78, 5) is 22.7. The number of rotatable bonds is 3. The normalized spacial score (nSPS) is 10.2. The lowest BCUT2D eigenvalue weighted by Crippen LogP contribution is -2.24. The molecule has 88 valence electrons. The second kappa shape index (κ2) is 4.78. The van der Waals surface area contributed by atoms with Crippen molar-refractivity contribution in [2.24, 2.45) is 0 Å². The van der Waals surface area contributed by atoms with Gasteiger partial charge in [-0.1, -0.05) is 0 Å². The molecule has 2 heterocycles. The van der Waals surface area contributed by atoms with Crippen LogP contribution in [0.4, 0.5) is 0 Å². The quantitative estimate of drug-likeness (QED) is 0.836. The van der Waals surface area contributed by atoms with E-state index in [9.17, 15) is 4.79 Å². The maximum absolute atomic E-state index is 11.7. The summed E-state index contributed by atoms with van der Waals surface area (Å²) in [5.41, 5.74) is 3.57. The van der Waals surface area contributed by atoms with Crippen molar-refractivity contribution in [1.82, 2.24) is 20.3 Å². The van der Waals surface area contributed by atoms with E-state index in [1.165, 1.54) is 18.6 Å². The number of aryl methyl sites for hydroxylation is 2. The highest BCUT2D eigenvalue weighted by Gasteiger charge is 2.08. The Morgan fingerprint density at radius 1 is 1.41 bits per heavy atom. The van der Waals surface area contributed by atoms with Crippen LogP contribution in [0.1, 0.15) is 27.4 Å². The van der Waals surface area contributed by atoms with Crippen LogP contribution >= 0.6 is 0 Å². The predicted molar refractivity (Wildman–Crippen MR) is 63.5 cm³/mol. The number of aromatic amines is 1. The van der Waals surface area contributed by atoms with Gasteiger partial charge in [0.1, 0.15) is 5.69 Å². The minimum atomic E-state index is -0.212. The van der Waals surface area contributed by atoms with Crippen LogP contribution in [-0.2, 0) is 6.54 Å².